The van der Waals surface area contributed by atoms with E-state index in [1.165, 1.54) is 12.5 Å². The van der Waals surface area contributed by atoms with Gasteiger partial charge in [0.15, 0.2) is 9.84 Å². The third kappa shape index (κ3) is 9.99. The Bertz CT molecular complexity index is 1750. The number of aliphatic carboxylic acids is 2. The Kier molecular flexibility index (Phi) is 11.7. The molecular weight excluding hydrogens is 646 g/mol. The number of fused-ring (bicyclic) bond motifs is 3. The van der Waals surface area contributed by atoms with Crippen LogP contribution in [0.2, 0.25) is 0 Å². The Morgan fingerprint density at radius 3 is 2.10 bits per heavy atom. The standard InChI is InChI=1S/C32H35N5O10S/c1-48(45,46)13-12-19(15-29(40)41)35-31(43)27(14-20-16-33-18-34-20)36-30(42)26(10-11-28(38)39)37-32(44)47-17-25-23-8-4-2-6-21(23)22-7-3-5-9-24(22)25/h2-9,12-13,16,18-19,25-27H,10-11,14-15,17H2,1H3,(H,33,34)(H,35,43)(H,36,42)(H,37,44)(H,38,39)(H,40,41)/b13-12+/t19-,26+,27+/m1/s1. The number of hydrogen-bond acceptors (Lipinski definition) is 9. The van der Waals surface area contributed by atoms with E-state index in [-0.39, 0.29) is 25.4 Å². The number of aromatic amines is 1. The number of carboxylic acid groups (broad SMARTS) is 2. The summed E-state index contributed by atoms with van der Waals surface area (Å²) in [6.45, 7) is -0.0655. The maximum atomic E-state index is 13.5. The average Bonchev–Trinajstić information content (AvgIpc) is 3.65. The number of carbonyl (C=O) groups excluding carboxylic acids is 3. The predicted molar refractivity (Wildman–Crippen MR) is 171 cm³/mol. The Hall–Kier alpha value is -5.51. The molecule has 0 aliphatic heterocycles. The minimum absolute atomic E-state index is 0.0655. The molecule has 48 heavy (non-hydrogen) atoms. The second-order valence-electron chi connectivity index (χ2n) is 11.2. The number of nitrogens with zero attached hydrogens (tertiary/aromatic N) is 1. The molecule has 0 saturated heterocycles. The number of H-pyrrole nitrogens is 1. The number of nitrogens with one attached hydrogen (secondary N) is 4. The molecule has 0 bridgehead atoms. The predicted octanol–water partition coefficient (Wildman–Crippen LogP) is 1.73. The zero-order valence-corrected chi connectivity index (χ0v) is 26.6. The van der Waals surface area contributed by atoms with E-state index in [1.54, 1.807) is 0 Å². The number of imidazole rings is 1. The van der Waals surface area contributed by atoms with Crippen LogP contribution in [0.3, 0.4) is 0 Å². The summed E-state index contributed by atoms with van der Waals surface area (Å²) in [5, 5.41) is 26.6. The molecule has 1 aromatic heterocycles. The molecule has 15 nitrogen and oxygen atoms in total. The van der Waals surface area contributed by atoms with Crippen molar-refractivity contribution in [1.82, 2.24) is 25.9 Å². The van der Waals surface area contributed by atoms with Crippen molar-refractivity contribution in [2.75, 3.05) is 12.9 Å². The second kappa shape index (κ2) is 15.9. The van der Waals surface area contributed by atoms with Gasteiger partial charge < -0.3 is 35.9 Å². The molecular formula is C32H35N5O10S. The first-order valence-corrected chi connectivity index (χ1v) is 16.8. The highest BCUT2D eigenvalue weighted by Gasteiger charge is 2.32. The number of carboxylic acids is 2. The fourth-order valence-electron chi connectivity index (χ4n) is 5.29. The third-order valence-corrected chi connectivity index (χ3v) is 8.14. The fourth-order valence-corrected chi connectivity index (χ4v) is 5.77. The molecule has 1 aliphatic rings. The number of benzene rings is 2. The quantitative estimate of drug-likeness (QED) is 0.127. The van der Waals surface area contributed by atoms with E-state index < -0.39 is 70.7 Å². The van der Waals surface area contributed by atoms with Gasteiger partial charge in [-0.2, -0.15) is 0 Å². The molecule has 1 heterocycles. The molecule has 3 amide bonds. The van der Waals surface area contributed by atoms with Crippen LogP contribution in [0, 0.1) is 0 Å². The van der Waals surface area contributed by atoms with Crippen molar-refractivity contribution in [2.24, 2.45) is 0 Å². The molecule has 6 N–H and O–H groups in total. The molecule has 254 valence electrons. The summed E-state index contributed by atoms with van der Waals surface area (Å²) in [4.78, 5) is 69.2. The highest BCUT2D eigenvalue weighted by Crippen LogP contribution is 2.44. The van der Waals surface area contributed by atoms with Gasteiger partial charge in [0, 0.05) is 42.3 Å². The zero-order chi connectivity index (χ0) is 34.8. The van der Waals surface area contributed by atoms with Crippen molar-refractivity contribution < 1.29 is 47.3 Å². The van der Waals surface area contributed by atoms with Crippen LogP contribution in [0.1, 0.15) is 42.0 Å². The molecule has 2 aromatic carbocycles. The van der Waals surface area contributed by atoms with Crippen molar-refractivity contribution in [1.29, 1.82) is 0 Å². The molecule has 16 heteroatoms. The number of amides is 3. The molecule has 0 radical (unpaired) electrons. The molecule has 3 aromatic rings. The number of ether oxygens (including phenoxy) is 1. The summed E-state index contributed by atoms with van der Waals surface area (Å²) < 4.78 is 28.7. The van der Waals surface area contributed by atoms with Crippen LogP contribution < -0.4 is 16.0 Å². The Morgan fingerprint density at radius 2 is 1.54 bits per heavy atom. The maximum Gasteiger partial charge on any atom is 0.407 e. The van der Waals surface area contributed by atoms with Gasteiger partial charge in [0.25, 0.3) is 0 Å². The minimum atomic E-state index is -3.65. The number of rotatable bonds is 16. The second-order valence-corrected chi connectivity index (χ2v) is 13.1. The first-order valence-electron chi connectivity index (χ1n) is 14.8. The summed E-state index contributed by atoms with van der Waals surface area (Å²) in [5.41, 5.74) is 4.36. The third-order valence-electron chi connectivity index (χ3n) is 7.49. The first kappa shape index (κ1) is 35.3. The van der Waals surface area contributed by atoms with Crippen LogP contribution in [0.5, 0.6) is 0 Å². The van der Waals surface area contributed by atoms with Gasteiger partial charge in [-0.3, -0.25) is 19.2 Å². The van der Waals surface area contributed by atoms with E-state index in [2.05, 4.69) is 25.9 Å². The van der Waals surface area contributed by atoms with Crippen LogP contribution in [0.25, 0.3) is 11.1 Å². The van der Waals surface area contributed by atoms with E-state index in [0.717, 1.165) is 40.0 Å². The summed E-state index contributed by atoms with van der Waals surface area (Å²) in [6.07, 6.45) is 1.97. The number of aromatic nitrogens is 2. The minimum Gasteiger partial charge on any atom is -0.481 e. The van der Waals surface area contributed by atoms with E-state index in [1.807, 2.05) is 48.5 Å². The molecule has 0 saturated carbocycles. The van der Waals surface area contributed by atoms with Gasteiger partial charge in [0.1, 0.15) is 18.7 Å². The van der Waals surface area contributed by atoms with Crippen LogP contribution in [-0.2, 0) is 40.2 Å². The molecule has 4 rings (SSSR count). The number of alkyl carbamates (subject to hydrolysis) is 1. The van der Waals surface area contributed by atoms with Crippen molar-refractivity contribution in [3.63, 3.8) is 0 Å². The highest BCUT2D eigenvalue weighted by atomic mass is 32.2. The number of sulfone groups is 1. The topological polar surface area (TPSA) is 234 Å². The van der Waals surface area contributed by atoms with Crippen LogP contribution in [0.4, 0.5) is 4.79 Å². The van der Waals surface area contributed by atoms with Gasteiger partial charge in [0.05, 0.1) is 18.8 Å². The van der Waals surface area contributed by atoms with Gasteiger partial charge in [-0.05, 0) is 28.7 Å². The van der Waals surface area contributed by atoms with E-state index in [0.29, 0.717) is 5.69 Å². The Morgan fingerprint density at radius 1 is 0.917 bits per heavy atom. The highest BCUT2D eigenvalue weighted by molar-refractivity contribution is 7.93. The number of hydrogen-bond donors (Lipinski definition) is 6. The molecule has 1 aliphatic carbocycles. The van der Waals surface area contributed by atoms with Crippen LogP contribution in [-0.4, -0.2) is 89.4 Å². The van der Waals surface area contributed by atoms with Gasteiger partial charge in [0.2, 0.25) is 11.8 Å². The zero-order valence-electron chi connectivity index (χ0n) is 25.8. The molecule has 3 atom stereocenters. The lowest BCUT2D eigenvalue weighted by molar-refractivity contribution is -0.139. The van der Waals surface area contributed by atoms with Crippen molar-refractivity contribution in [2.45, 2.75) is 49.7 Å². The van der Waals surface area contributed by atoms with E-state index in [4.69, 9.17) is 4.74 Å². The largest absolute Gasteiger partial charge is 0.481 e. The summed E-state index contributed by atoms with van der Waals surface area (Å²) in [7, 11) is -3.65. The van der Waals surface area contributed by atoms with Crippen LogP contribution >= 0.6 is 0 Å². The Balaban J connectivity index is 1.48. The van der Waals surface area contributed by atoms with Gasteiger partial charge in [-0.25, -0.2) is 18.2 Å². The Labute approximate surface area is 275 Å². The summed E-state index contributed by atoms with van der Waals surface area (Å²) >= 11 is 0. The van der Waals surface area contributed by atoms with E-state index >= 15 is 0 Å². The molecule has 0 unspecified atom stereocenters. The SMILES string of the molecule is CS(=O)(=O)/C=C/[C@H](CC(=O)O)NC(=O)[C@H](Cc1cnc[nH]1)NC(=O)[C@H](CCC(=O)O)NC(=O)OCC1c2ccccc2-c2ccccc21. The molecule has 0 fully saturated rings. The summed E-state index contributed by atoms with van der Waals surface area (Å²) in [6, 6.07) is 11.3. The lowest BCUT2D eigenvalue weighted by Crippen LogP contribution is -2.55. The van der Waals surface area contributed by atoms with Gasteiger partial charge in [-0.1, -0.05) is 54.6 Å². The van der Waals surface area contributed by atoms with Crippen molar-refractivity contribution in [3.8, 4) is 11.1 Å². The van der Waals surface area contributed by atoms with Crippen molar-refractivity contribution >= 4 is 39.7 Å². The lowest BCUT2D eigenvalue weighted by Gasteiger charge is -2.24. The monoisotopic (exact) mass is 681 g/mol. The van der Waals surface area contributed by atoms with Gasteiger partial charge in [-0.15, -0.1) is 0 Å². The number of carbonyl (C=O) groups is 5. The summed E-state index contributed by atoms with van der Waals surface area (Å²) in [5.74, 6) is -4.62. The normalized spacial score (nSPS) is 14.3. The maximum absolute atomic E-state index is 13.5. The average molecular weight is 682 g/mol. The van der Waals surface area contributed by atoms with E-state index in [9.17, 15) is 42.6 Å². The van der Waals surface area contributed by atoms with Crippen LogP contribution in [0.15, 0.2) is 72.5 Å². The fraction of sp³-hybridized carbons (Fsp3) is 0.312. The lowest BCUT2D eigenvalue weighted by atomic mass is 9.98. The van der Waals surface area contributed by atoms with Crippen molar-refractivity contribution in [3.05, 3.63) is 89.4 Å². The van der Waals surface area contributed by atoms with Gasteiger partial charge >= 0.3 is 18.0 Å². The smallest absolute Gasteiger partial charge is 0.407 e. The molecule has 0 spiro atoms. The first-order chi connectivity index (χ1) is 22.8.